The van der Waals surface area contributed by atoms with Crippen LogP contribution in [0.15, 0.2) is 73.3 Å². The molecule has 0 saturated carbocycles. The lowest BCUT2D eigenvalue weighted by molar-refractivity contribution is 0.123. The number of aryl methyl sites for hydroxylation is 3. The highest BCUT2D eigenvalue weighted by molar-refractivity contribution is 5.87. The van der Waals surface area contributed by atoms with Gasteiger partial charge in [-0.15, -0.1) is 0 Å². The van der Waals surface area contributed by atoms with Gasteiger partial charge in [0.05, 0.1) is 30.9 Å². The van der Waals surface area contributed by atoms with Crippen molar-refractivity contribution in [2.45, 2.75) is 26.3 Å². The molecule has 36 heavy (non-hydrogen) atoms. The highest BCUT2D eigenvalue weighted by Gasteiger charge is 2.20. The molecule has 0 unspecified atom stereocenters. The molecule has 5 heterocycles. The highest BCUT2D eigenvalue weighted by Crippen LogP contribution is 2.29. The summed E-state index contributed by atoms with van der Waals surface area (Å²) in [4.78, 5) is 16.6. The zero-order valence-corrected chi connectivity index (χ0v) is 20.4. The van der Waals surface area contributed by atoms with Gasteiger partial charge >= 0.3 is 0 Å². The minimum atomic E-state index is 0.712. The van der Waals surface area contributed by atoms with Gasteiger partial charge in [-0.05, 0) is 44.0 Å². The summed E-state index contributed by atoms with van der Waals surface area (Å²) in [6.45, 7) is 6.00. The second-order valence-electron chi connectivity index (χ2n) is 9.15. The van der Waals surface area contributed by atoms with E-state index in [1.54, 1.807) is 0 Å². The number of anilines is 1. The summed E-state index contributed by atoms with van der Waals surface area (Å²) in [7, 11) is 0. The minimum absolute atomic E-state index is 0.712. The van der Waals surface area contributed by atoms with Crippen molar-refractivity contribution in [3.05, 3.63) is 84.6 Å². The average Bonchev–Trinajstić information content (AvgIpc) is 3.57. The molecule has 4 aromatic heterocycles. The molecule has 8 nitrogen and oxygen atoms in total. The number of imidazole rings is 1. The molecule has 0 bridgehead atoms. The van der Waals surface area contributed by atoms with Crippen LogP contribution in [0.3, 0.4) is 0 Å². The lowest BCUT2D eigenvalue weighted by Crippen LogP contribution is -2.36. The van der Waals surface area contributed by atoms with Gasteiger partial charge in [0.1, 0.15) is 5.52 Å². The molecule has 0 radical (unpaired) electrons. The maximum atomic E-state index is 5.60. The molecule has 1 aromatic carbocycles. The SMILES string of the molecule is Cc1cccc(-c2ccn(-c3cc(N4CCOCC4)c4ncn(CCCc5ccccn5)c4n3)n2)c1. The molecule has 0 aliphatic carbocycles. The van der Waals surface area contributed by atoms with Crippen LogP contribution in [0.2, 0.25) is 0 Å². The van der Waals surface area contributed by atoms with Crippen LogP contribution in [-0.2, 0) is 17.7 Å². The molecular weight excluding hydrogens is 450 g/mol. The molecular formula is C28H29N7O. The summed E-state index contributed by atoms with van der Waals surface area (Å²) in [6.07, 6.45) is 7.61. The van der Waals surface area contributed by atoms with Crippen LogP contribution in [0.5, 0.6) is 0 Å². The number of aromatic nitrogens is 6. The Morgan fingerprint density at radius 2 is 1.89 bits per heavy atom. The molecule has 5 aromatic rings. The predicted octanol–water partition coefficient (Wildman–Crippen LogP) is 4.46. The average molecular weight is 480 g/mol. The van der Waals surface area contributed by atoms with Crippen molar-refractivity contribution in [2.75, 3.05) is 31.2 Å². The second kappa shape index (κ2) is 9.91. The smallest absolute Gasteiger partial charge is 0.164 e. The van der Waals surface area contributed by atoms with Crippen LogP contribution in [0.25, 0.3) is 28.2 Å². The van der Waals surface area contributed by atoms with E-state index in [4.69, 9.17) is 19.8 Å². The van der Waals surface area contributed by atoms with Crippen LogP contribution >= 0.6 is 0 Å². The van der Waals surface area contributed by atoms with Crippen LogP contribution in [-0.4, -0.2) is 55.6 Å². The Balaban J connectivity index is 1.35. The first-order chi connectivity index (χ1) is 17.7. The lowest BCUT2D eigenvalue weighted by atomic mass is 10.1. The maximum Gasteiger partial charge on any atom is 0.164 e. The van der Waals surface area contributed by atoms with Crippen molar-refractivity contribution in [2.24, 2.45) is 0 Å². The van der Waals surface area contributed by atoms with Crippen LogP contribution in [0.1, 0.15) is 17.7 Å². The van der Waals surface area contributed by atoms with Gasteiger partial charge in [-0.2, -0.15) is 5.10 Å². The van der Waals surface area contributed by atoms with Crippen LogP contribution in [0, 0.1) is 6.92 Å². The quantitative estimate of drug-likeness (QED) is 0.343. The monoisotopic (exact) mass is 479 g/mol. The van der Waals surface area contributed by atoms with Gasteiger partial charge in [0.25, 0.3) is 0 Å². The van der Waals surface area contributed by atoms with Crippen molar-refractivity contribution in [1.29, 1.82) is 0 Å². The van der Waals surface area contributed by atoms with E-state index >= 15 is 0 Å². The van der Waals surface area contributed by atoms with Gasteiger partial charge in [0.15, 0.2) is 11.5 Å². The number of nitrogens with zero attached hydrogens (tertiary/aromatic N) is 7. The van der Waals surface area contributed by atoms with Gasteiger partial charge in [0, 0.05) is 49.4 Å². The number of hydrogen-bond donors (Lipinski definition) is 0. The summed E-state index contributed by atoms with van der Waals surface area (Å²) in [6, 6.07) is 18.6. The third-order valence-electron chi connectivity index (χ3n) is 6.59. The summed E-state index contributed by atoms with van der Waals surface area (Å²) in [5, 5.41) is 4.87. The first-order valence-electron chi connectivity index (χ1n) is 12.5. The topological polar surface area (TPSA) is 73.9 Å². The third kappa shape index (κ3) is 4.59. The molecule has 0 amide bonds. The molecule has 8 heteroatoms. The standard InChI is InChI=1S/C28H29N7O/c1-21-6-4-7-22(18-21)24-10-13-35(32-24)26-19-25(33-14-16-36-17-15-33)27-28(31-26)34(20-30-27)12-5-9-23-8-2-3-11-29-23/h2-4,6-8,10-11,13,18-20H,5,9,12,14-17H2,1H3. The third-order valence-corrected chi connectivity index (χ3v) is 6.59. The molecule has 182 valence electrons. The number of rotatable bonds is 7. The van der Waals surface area contributed by atoms with E-state index in [-0.39, 0.29) is 0 Å². The Kier molecular flexibility index (Phi) is 6.17. The molecule has 1 fully saturated rings. The second-order valence-corrected chi connectivity index (χ2v) is 9.15. The summed E-state index contributed by atoms with van der Waals surface area (Å²) >= 11 is 0. The van der Waals surface area contributed by atoms with Crippen LogP contribution < -0.4 is 4.90 Å². The Morgan fingerprint density at radius 1 is 0.972 bits per heavy atom. The van der Waals surface area contributed by atoms with E-state index in [1.807, 2.05) is 41.6 Å². The number of fused-ring (bicyclic) bond motifs is 1. The molecule has 1 saturated heterocycles. The molecule has 0 spiro atoms. The fraction of sp³-hybridized carbons (Fsp3) is 0.286. The van der Waals surface area contributed by atoms with Crippen molar-refractivity contribution in [1.82, 2.24) is 29.3 Å². The molecule has 1 aliphatic heterocycles. The Morgan fingerprint density at radius 3 is 2.72 bits per heavy atom. The normalized spacial score (nSPS) is 14.0. The van der Waals surface area contributed by atoms with Crippen molar-refractivity contribution in [3.63, 3.8) is 0 Å². The Labute approximate surface area is 210 Å². The maximum absolute atomic E-state index is 5.60. The Bertz CT molecular complexity index is 1470. The number of morpholine rings is 1. The highest BCUT2D eigenvalue weighted by atomic mass is 16.5. The van der Waals surface area contributed by atoms with E-state index in [9.17, 15) is 0 Å². The Hall–Kier alpha value is -4.04. The molecule has 6 rings (SSSR count). The van der Waals surface area contributed by atoms with E-state index in [2.05, 4.69) is 57.8 Å². The van der Waals surface area contributed by atoms with Gasteiger partial charge in [-0.3, -0.25) is 4.98 Å². The summed E-state index contributed by atoms with van der Waals surface area (Å²) < 4.78 is 9.62. The van der Waals surface area contributed by atoms with Crippen molar-refractivity contribution < 1.29 is 4.74 Å². The number of pyridine rings is 2. The summed E-state index contributed by atoms with van der Waals surface area (Å²) in [5.41, 5.74) is 7.22. The largest absolute Gasteiger partial charge is 0.378 e. The van der Waals surface area contributed by atoms with Gasteiger partial charge in [-0.25, -0.2) is 14.6 Å². The fourth-order valence-electron chi connectivity index (χ4n) is 4.72. The zero-order valence-electron chi connectivity index (χ0n) is 20.4. The van der Waals surface area contributed by atoms with E-state index < -0.39 is 0 Å². The number of ether oxygens (including phenoxy) is 1. The van der Waals surface area contributed by atoms with Gasteiger partial charge in [0.2, 0.25) is 0 Å². The van der Waals surface area contributed by atoms with E-state index in [0.717, 1.165) is 72.1 Å². The van der Waals surface area contributed by atoms with E-state index in [0.29, 0.717) is 13.2 Å². The first-order valence-corrected chi connectivity index (χ1v) is 12.5. The van der Waals surface area contributed by atoms with Gasteiger partial charge in [-0.1, -0.05) is 29.8 Å². The molecule has 1 aliphatic rings. The van der Waals surface area contributed by atoms with Crippen molar-refractivity contribution >= 4 is 16.9 Å². The van der Waals surface area contributed by atoms with Crippen molar-refractivity contribution in [3.8, 4) is 17.1 Å². The summed E-state index contributed by atoms with van der Waals surface area (Å²) in [5.74, 6) is 0.786. The number of benzene rings is 1. The predicted molar refractivity (Wildman–Crippen MR) is 140 cm³/mol. The van der Waals surface area contributed by atoms with Gasteiger partial charge < -0.3 is 14.2 Å². The minimum Gasteiger partial charge on any atom is -0.378 e. The fourth-order valence-corrected chi connectivity index (χ4v) is 4.72. The van der Waals surface area contributed by atoms with Crippen LogP contribution in [0.4, 0.5) is 5.69 Å². The molecule has 0 N–H and O–H groups in total. The zero-order chi connectivity index (χ0) is 24.3. The number of hydrogen-bond acceptors (Lipinski definition) is 6. The first kappa shape index (κ1) is 22.4. The van der Waals surface area contributed by atoms with E-state index in [1.165, 1.54) is 5.56 Å². The lowest BCUT2D eigenvalue weighted by Gasteiger charge is -2.29. The molecule has 0 atom stereocenters.